The normalized spacial score (nSPS) is 19.3. The molecule has 1 amide bonds. The summed E-state index contributed by atoms with van der Waals surface area (Å²) in [5, 5.41) is 15.6. The molecule has 0 aromatic carbocycles. The van der Waals surface area contributed by atoms with Crippen molar-refractivity contribution >= 4 is 17.4 Å². The molecule has 2 heterocycles. The number of aliphatic hydroxyl groups is 1. The Kier molecular flexibility index (Phi) is 5.98. The number of amides is 1. The number of hydrogen-bond donors (Lipinski definition) is 3. The van der Waals surface area contributed by atoms with Gasteiger partial charge in [-0.25, -0.2) is 9.97 Å². The summed E-state index contributed by atoms with van der Waals surface area (Å²) in [6, 6.07) is 5.44. The van der Waals surface area contributed by atoms with Gasteiger partial charge in [-0.2, -0.15) is 0 Å². The topological polar surface area (TPSA) is 96.4 Å². The van der Waals surface area contributed by atoms with Crippen LogP contribution in [0.4, 0.5) is 24.7 Å². The van der Waals surface area contributed by atoms with Gasteiger partial charge in [0.25, 0.3) is 5.91 Å². The Morgan fingerprint density at radius 2 is 2.07 bits per heavy atom. The van der Waals surface area contributed by atoms with E-state index in [1.807, 2.05) is 0 Å². The quantitative estimate of drug-likeness (QED) is 0.694. The molecule has 1 fully saturated rings. The second kappa shape index (κ2) is 8.42. The van der Waals surface area contributed by atoms with E-state index in [9.17, 15) is 23.1 Å². The minimum atomic E-state index is -4.83. The van der Waals surface area contributed by atoms with Crippen molar-refractivity contribution < 1.29 is 27.8 Å². The van der Waals surface area contributed by atoms with Crippen LogP contribution in [0.1, 0.15) is 29.6 Å². The van der Waals surface area contributed by atoms with E-state index in [-0.39, 0.29) is 23.3 Å². The molecular weight excluding hydrogens is 377 g/mol. The molecule has 10 heteroatoms. The van der Waals surface area contributed by atoms with E-state index < -0.39 is 18.1 Å². The van der Waals surface area contributed by atoms with Crippen LogP contribution < -0.4 is 15.4 Å². The third-order valence-corrected chi connectivity index (χ3v) is 4.42. The zero-order chi connectivity index (χ0) is 20.1. The van der Waals surface area contributed by atoms with Crippen molar-refractivity contribution in [2.45, 2.75) is 31.7 Å². The highest BCUT2D eigenvalue weighted by molar-refractivity contribution is 6.07. The number of rotatable bonds is 6. The summed E-state index contributed by atoms with van der Waals surface area (Å²) in [5.74, 6) is -0.648. The molecule has 0 saturated heterocycles. The van der Waals surface area contributed by atoms with Crippen molar-refractivity contribution in [3.8, 4) is 5.88 Å². The number of aliphatic hydroxyl groups excluding tert-OH is 1. The number of alkyl halides is 3. The number of halogens is 3. The highest BCUT2D eigenvalue weighted by Crippen LogP contribution is 2.26. The first-order valence-corrected chi connectivity index (χ1v) is 8.72. The Morgan fingerprint density at radius 3 is 2.71 bits per heavy atom. The largest absolute Gasteiger partial charge is 0.574 e. The van der Waals surface area contributed by atoms with Crippen LogP contribution in [0, 0.1) is 5.92 Å². The molecule has 3 N–H and O–H groups in total. The molecule has 3 rings (SSSR count). The number of carbonyl (C=O) groups excluding carboxylic acids is 1. The van der Waals surface area contributed by atoms with E-state index in [1.165, 1.54) is 12.3 Å². The van der Waals surface area contributed by atoms with E-state index in [0.29, 0.717) is 12.4 Å². The molecule has 28 heavy (non-hydrogen) atoms. The number of nitrogens with zero attached hydrogens (tertiary/aromatic N) is 2. The number of anilines is 2. The summed E-state index contributed by atoms with van der Waals surface area (Å²) < 4.78 is 40.2. The van der Waals surface area contributed by atoms with Gasteiger partial charge in [-0.15, -0.1) is 13.2 Å². The van der Waals surface area contributed by atoms with Gasteiger partial charge >= 0.3 is 6.36 Å². The average molecular weight is 396 g/mol. The number of aromatic nitrogens is 2. The summed E-state index contributed by atoms with van der Waals surface area (Å²) in [6.45, 7) is 0.490. The minimum Gasteiger partial charge on any atom is -0.393 e. The van der Waals surface area contributed by atoms with Gasteiger partial charge < -0.3 is 20.5 Å². The standard InChI is InChI=1S/C18H19F3N4O3/c19-18(20,21)28-15-7-6-12(10-23-15)25-17(27)13-4-2-8-22-16(13)24-9-11-3-1-5-14(11)26/h2,4,6-8,10-11,14,26H,1,3,5,9H2,(H,22,24)(H,25,27)/t11?,14-/m1/s1. The van der Waals surface area contributed by atoms with Crippen molar-refractivity contribution in [2.75, 3.05) is 17.2 Å². The van der Waals surface area contributed by atoms with Crippen LogP contribution in [-0.4, -0.2) is 40.0 Å². The SMILES string of the molecule is O=C(Nc1ccc(OC(F)(F)F)nc1)c1cccnc1NCC1CCC[C@H]1O. The summed E-state index contributed by atoms with van der Waals surface area (Å²) in [7, 11) is 0. The lowest BCUT2D eigenvalue weighted by atomic mass is 10.1. The maximum atomic E-state index is 12.5. The number of ether oxygens (including phenoxy) is 1. The minimum absolute atomic E-state index is 0.100. The van der Waals surface area contributed by atoms with Crippen LogP contribution in [-0.2, 0) is 0 Å². The van der Waals surface area contributed by atoms with E-state index in [2.05, 4.69) is 25.3 Å². The lowest BCUT2D eigenvalue weighted by Gasteiger charge is -2.17. The van der Waals surface area contributed by atoms with Gasteiger partial charge in [0, 0.05) is 24.7 Å². The van der Waals surface area contributed by atoms with E-state index in [0.717, 1.165) is 31.5 Å². The fourth-order valence-electron chi connectivity index (χ4n) is 3.04. The molecule has 0 spiro atoms. The molecule has 1 aliphatic carbocycles. The summed E-state index contributed by atoms with van der Waals surface area (Å²) in [6.07, 6.45) is 0.0398. The predicted octanol–water partition coefficient (Wildman–Crippen LogP) is 3.20. The van der Waals surface area contributed by atoms with Crippen LogP contribution >= 0.6 is 0 Å². The van der Waals surface area contributed by atoms with Crippen LogP contribution in [0.25, 0.3) is 0 Å². The van der Waals surface area contributed by atoms with Gasteiger partial charge in [0.2, 0.25) is 5.88 Å². The highest BCUT2D eigenvalue weighted by Gasteiger charge is 2.31. The maximum Gasteiger partial charge on any atom is 0.574 e. The molecule has 1 saturated carbocycles. The van der Waals surface area contributed by atoms with Gasteiger partial charge in [0.1, 0.15) is 5.82 Å². The van der Waals surface area contributed by atoms with Crippen LogP contribution in [0.2, 0.25) is 0 Å². The Hall–Kier alpha value is -2.88. The van der Waals surface area contributed by atoms with Crippen molar-refractivity contribution in [1.29, 1.82) is 0 Å². The molecule has 1 unspecified atom stereocenters. The Morgan fingerprint density at radius 1 is 1.25 bits per heavy atom. The summed E-state index contributed by atoms with van der Waals surface area (Å²) in [4.78, 5) is 20.2. The molecule has 0 radical (unpaired) electrons. The molecule has 1 aliphatic rings. The first kappa shape index (κ1) is 19.9. The van der Waals surface area contributed by atoms with Gasteiger partial charge in [0.05, 0.1) is 23.6 Å². The average Bonchev–Trinajstić information content (AvgIpc) is 3.05. The van der Waals surface area contributed by atoms with Gasteiger partial charge in [-0.05, 0) is 31.0 Å². The Balaban J connectivity index is 1.64. The number of hydrogen-bond acceptors (Lipinski definition) is 6. The second-order valence-electron chi connectivity index (χ2n) is 6.43. The third kappa shape index (κ3) is 5.32. The molecule has 0 aliphatic heterocycles. The molecule has 7 nitrogen and oxygen atoms in total. The van der Waals surface area contributed by atoms with Crippen LogP contribution in [0.5, 0.6) is 5.88 Å². The fourth-order valence-corrected chi connectivity index (χ4v) is 3.04. The summed E-state index contributed by atoms with van der Waals surface area (Å²) in [5.41, 5.74) is 0.478. The molecule has 2 aromatic heterocycles. The lowest BCUT2D eigenvalue weighted by Crippen LogP contribution is -2.24. The highest BCUT2D eigenvalue weighted by atomic mass is 19.4. The maximum absolute atomic E-state index is 12.5. The third-order valence-electron chi connectivity index (χ3n) is 4.42. The fraction of sp³-hybridized carbons (Fsp3) is 0.389. The Bertz CT molecular complexity index is 814. The monoisotopic (exact) mass is 396 g/mol. The van der Waals surface area contributed by atoms with Gasteiger partial charge in [-0.3, -0.25) is 4.79 Å². The van der Waals surface area contributed by atoms with Crippen molar-refractivity contribution in [3.63, 3.8) is 0 Å². The number of nitrogens with one attached hydrogen (secondary N) is 2. The Labute approximate surface area is 159 Å². The molecular formula is C18H19F3N4O3. The van der Waals surface area contributed by atoms with E-state index in [1.54, 1.807) is 12.1 Å². The van der Waals surface area contributed by atoms with Crippen molar-refractivity contribution in [1.82, 2.24) is 9.97 Å². The zero-order valence-electron chi connectivity index (χ0n) is 14.7. The number of pyridine rings is 2. The smallest absolute Gasteiger partial charge is 0.393 e. The van der Waals surface area contributed by atoms with E-state index >= 15 is 0 Å². The first-order valence-electron chi connectivity index (χ1n) is 8.72. The van der Waals surface area contributed by atoms with Crippen molar-refractivity contribution in [2.24, 2.45) is 5.92 Å². The molecule has 0 bridgehead atoms. The first-order chi connectivity index (χ1) is 13.3. The van der Waals surface area contributed by atoms with Gasteiger partial charge in [-0.1, -0.05) is 6.42 Å². The second-order valence-corrected chi connectivity index (χ2v) is 6.43. The number of carbonyl (C=O) groups is 1. The van der Waals surface area contributed by atoms with Crippen LogP contribution in [0.3, 0.4) is 0 Å². The van der Waals surface area contributed by atoms with Crippen LogP contribution in [0.15, 0.2) is 36.7 Å². The zero-order valence-corrected chi connectivity index (χ0v) is 14.7. The van der Waals surface area contributed by atoms with E-state index in [4.69, 9.17) is 0 Å². The molecule has 2 aromatic rings. The van der Waals surface area contributed by atoms with Crippen molar-refractivity contribution in [3.05, 3.63) is 42.2 Å². The predicted molar refractivity (Wildman–Crippen MR) is 94.9 cm³/mol. The molecule has 150 valence electrons. The van der Waals surface area contributed by atoms with Gasteiger partial charge in [0.15, 0.2) is 0 Å². The lowest BCUT2D eigenvalue weighted by molar-refractivity contribution is -0.276. The molecule has 2 atom stereocenters. The summed E-state index contributed by atoms with van der Waals surface area (Å²) >= 11 is 0.